The molecule has 0 bridgehead atoms. The highest BCUT2D eigenvalue weighted by Crippen LogP contribution is 2.32. The van der Waals surface area contributed by atoms with Gasteiger partial charge in [-0.1, -0.05) is 16.8 Å². The Balaban J connectivity index is 1.67. The first-order valence-corrected chi connectivity index (χ1v) is 10.7. The van der Waals surface area contributed by atoms with Crippen LogP contribution in [0.2, 0.25) is 5.02 Å². The van der Waals surface area contributed by atoms with E-state index in [0.29, 0.717) is 48.6 Å². The molecule has 4 aromatic rings. The highest BCUT2D eigenvalue weighted by Gasteiger charge is 2.28. The van der Waals surface area contributed by atoms with Crippen molar-refractivity contribution >= 4 is 28.3 Å². The fourth-order valence-corrected chi connectivity index (χ4v) is 4.04. The number of aromatic nitrogens is 5. The molecule has 11 heteroatoms. The zero-order valence-corrected chi connectivity index (χ0v) is 18.9. The smallest absolute Gasteiger partial charge is 0.263 e. The van der Waals surface area contributed by atoms with E-state index in [1.165, 1.54) is 16.7 Å². The van der Waals surface area contributed by atoms with E-state index in [-0.39, 0.29) is 27.2 Å². The van der Waals surface area contributed by atoms with Gasteiger partial charge in [-0.2, -0.15) is 4.98 Å². The summed E-state index contributed by atoms with van der Waals surface area (Å²) in [4.78, 5) is 28.7. The van der Waals surface area contributed by atoms with Gasteiger partial charge in [0.05, 0.1) is 29.7 Å². The van der Waals surface area contributed by atoms with Crippen molar-refractivity contribution in [3.8, 4) is 11.3 Å². The molecule has 1 saturated heterocycles. The highest BCUT2D eigenvalue weighted by molar-refractivity contribution is 6.30. The summed E-state index contributed by atoms with van der Waals surface area (Å²) >= 11 is 5.95. The van der Waals surface area contributed by atoms with E-state index in [0.717, 1.165) is 0 Å². The molecule has 1 aliphatic rings. The molecule has 1 aliphatic heterocycles. The number of anilines is 1. The van der Waals surface area contributed by atoms with Crippen LogP contribution < -0.4 is 10.5 Å². The molecular weight excluding hydrogens is 451 g/mol. The third-order valence-corrected chi connectivity index (χ3v) is 5.91. The number of hydrogen-bond donors (Lipinski definition) is 0. The van der Waals surface area contributed by atoms with E-state index in [2.05, 4.69) is 15.1 Å². The molecule has 1 unspecified atom stereocenters. The minimum atomic E-state index is -0.571. The maximum absolute atomic E-state index is 14.9. The number of halogens is 2. The number of fused-ring (bicyclic) bond motifs is 1. The number of pyridine rings is 1. The van der Waals surface area contributed by atoms with Gasteiger partial charge in [0.2, 0.25) is 11.7 Å². The monoisotopic (exact) mass is 470 g/mol. The van der Waals surface area contributed by atoms with Gasteiger partial charge in [-0.05, 0) is 25.1 Å². The molecule has 0 radical (unpaired) electrons. The van der Waals surface area contributed by atoms with Gasteiger partial charge >= 0.3 is 0 Å². The molecule has 33 heavy (non-hydrogen) atoms. The van der Waals surface area contributed by atoms with Gasteiger partial charge in [-0.25, -0.2) is 14.4 Å². The van der Waals surface area contributed by atoms with Crippen molar-refractivity contribution in [2.45, 2.75) is 20.0 Å². The van der Waals surface area contributed by atoms with Gasteiger partial charge < -0.3 is 14.2 Å². The zero-order chi connectivity index (χ0) is 23.3. The quantitative estimate of drug-likeness (QED) is 0.449. The molecule has 9 nitrogen and oxygen atoms in total. The number of hydrogen-bond acceptors (Lipinski definition) is 8. The summed E-state index contributed by atoms with van der Waals surface area (Å²) in [5.74, 6) is 1.41. The lowest BCUT2D eigenvalue weighted by Crippen LogP contribution is -2.39. The van der Waals surface area contributed by atoms with Crippen molar-refractivity contribution in [3.05, 3.63) is 63.0 Å². The second-order valence-electron chi connectivity index (χ2n) is 7.85. The summed E-state index contributed by atoms with van der Waals surface area (Å²) in [5.41, 5.74) is 0.516. The van der Waals surface area contributed by atoms with Crippen LogP contribution in [-0.4, -0.2) is 44.4 Å². The van der Waals surface area contributed by atoms with Crippen LogP contribution in [-0.2, 0) is 11.8 Å². The van der Waals surface area contributed by atoms with Crippen LogP contribution in [0.4, 0.5) is 10.2 Å². The fraction of sp³-hybridized carbons (Fsp3) is 0.318. The lowest BCUT2D eigenvalue weighted by atomic mass is 10.1. The molecule has 5 rings (SSSR count). The Hall–Kier alpha value is -3.37. The SMILES string of the molecule is Cc1nc(C2CN(c3cc4nc(C)n(C)c(=O)c4c(-c4ccc(Cl)cc4F)n3)CCO2)no1. The second-order valence-corrected chi connectivity index (χ2v) is 8.28. The molecule has 170 valence electrons. The van der Waals surface area contributed by atoms with Gasteiger partial charge in [0.25, 0.3) is 5.56 Å². The van der Waals surface area contributed by atoms with Gasteiger partial charge in [0.1, 0.15) is 23.6 Å². The van der Waals surface area contributed by atoms with Crippen LogP contribution in [0.3, 0.4) is 0 Å². The maximum Gasteiger partial charge on any atom is 0.263 e. The number of morpholine rings is 1. The highest BCUT2D eigenvalue weighted by atomic mass is 35.5. The van der Waals surface area contributed by atoms with Gasteiger partial charge in [0.15, 0.2) is 0 Å². The zero-order valence-electron chi connectivity index (χ0n) is 18.2. The Labute approximate surface area is 192 Å². The molecular formula is C22H20ClFN6O3. The normalized spacial score (nSPS) is 16.5. The second kappa shape index (κ2) is 8.20. The molecule has 0 spiro atoms. The predicted molar refractivity (Wildman–Crippen MR) is 120 cm³/mol. The largest absolute Gasteiger partial charge is 0.366 e. The summed E-state index contributed by atoms with van der Waals surface area (Å²) < 4.78 is 27.2. The Kier molecular flexibility index (Phi) is 5.34. The first-order valence-electron chi connectivity index (χ1n) is 10.3. The average Bonchev–Trinajstić information content (AvgIpc) is 3.23. The third kappa shape index (κ3) is 3.85. The number of ether oxygens (including phenoxy) is 1. The van der Waals surface area contributed by atoms with Gasteiger partial charge in [-0.15, -0.1) is 0 Å². The predicted octanol–water partition coefficient (Wildman–Crippen LogP) is 3.37. The van der Waals surface area contributed by atoms with E-state index in [9.17, 15) is 9.18 Å². The lowest BCUT2D eigenvalue weighted by molar-refractivity contribution is 0.0324. The van der Waals surface area contributed by atoms with E-state index in [1.54, 1.807) is 33.0 Å². The van der Waals surface area contributed by atoms with E-state index < -0.39 is 11.9 Å². The van der Waals surface area contributed by atoms with Crippen molar-refractivity contribution < 1.29 is 13.7 Å². The van der Waals surface area contributed by atoms with Crippen LogP contribution in [0, 0.1) is 19.7 Å². The number of aryl methyl sites for hydroxylation is 2. The molecule has 0 saturated carbocycles. The summed E-state index contributed by atoms with van der Waals surface area (Å²) in [6.45, 7) is 4.81. The Morgan fingerprint density at radius 3 is 2.73 bits per heavy atom. The summed E-state index contributed by atoms with van der Waals surface area (Å²) in [5, 5.41) is 4.46. The van der Waals surface area contributed by atoms with Gasteiger partial charge in [0, 0.05) is 37.2 Å². The molecule has 4 heterocycles. The van der Waals surface area contributed by atoms with Crippen molar-refractivity contribution in [1.82, 2.24) is 24.7 Å². The first kappa shape index (κ1) is 21.5. The van der Waals surface area contributed by atoms with E-state index in [1.807, 2.05) is 4.90 Å². The first-order chi connectivity index (χ1) is 15.8. The van der Waals surface area contributed by atoms with Crippen molar-refractivity contribution in [2.75, 3.05) is 24.6 Å². The molecule has 1 atom stereocenters. The Morgan fingerprint density at radius 2 is 2.00 bits per heavy atom. The summed E-state index contributed by atoms with van der Waals surface area (Å²) in [6, 6.07) is 6.03. The maximum atomic E-state index is 14.9. The van der Waals surface area contributed by atoms with Crippen molar-refractivity contribution in [2.24, 2.45) is 7.05 Å². The van der Waals surface area contributed by atoms with E-state index in [4.69, 9.17) is 25.8 Å². The number of rotatable bonds is 3. The molecule has 0 aliphatic carbocycles. The van der Waals surface area contributed by atoms with Crippen LogP contribution in [0.25, 0.3) is 22.2 Å². The van der Waals surface area contributed by atoms with Crippen LogP contribution >= 0.6 is 11.6 Å². The van der Waals surface area contributed by atoms with Crippen LogP contribution in [0.15, 0.2) is 33.6 Å². The Morgan fingerprint density at radius 1 is 1.18 bits per heavy atom. The molecule has 1 aromatic carbocycles. The average molecular weight is 471 g/mol. The fourth-order valence-electron chi connectivity index (χ4n) is 3.88. The summed E-state index contributed by atoms with van der Waals surface area (Å²) in [6.07, 6.45) is -0.414. The van der Waals surface area contributed by atoms with Gasteiger partial charge in [-0.3, -0.25) is 9.36 Å². The van der Waals surface area contributed by atoms with Crippen LogP contribution in [0.5, 0.6) is 0 Å². The van der Waals surface area contributed by atoms with Crippen molar-refractivity contribution in [3.63, 3.8) is 0 Å². The standard InChI is InChI=1S/C22H20ClFN6O3/c1-11-25-16-9-18(30-6-7-32-17(10-30)21-26-12(2)33-28-21)27-20(19(16)22(31)29(11)3)14-5-4-13(23)8-15(14)24/h4-5,8-9,17H,6-7,10H2,1-3H3. The van der Waals surface area contributed by atoms with Crippen LogP contribution in [0.1, 0.15) is 23.6 Å². The van der Waals surface area contributed by atoms with Crippen molar-refractivity contribution in [1.29, 1.82) is 0 Å². The Bertz CT molecular complexity index is 1440. The van der Waals surface area contributed by atoms with E-state index >= 15 is 0 Å². The molecule has 1 fully saturated rings. The minimum Gasteiger partial charge on any atom is -0.366 e. The molecule has 0 N–H and O–H groups in total. The third-order valence-electron chi connectivity index (χ3n) is 5.68. The minimum absolute atomic E-state index is 0.174. The number of nitrogens with zero attached hydrogens (tertiary/aromatic N) is 6. The summed E-state index contributed by atoms with van der Waals surface area (Å²) in [7, 11) is 1.62. The topological polar surface area (TPSA) is 99.2 Å². The number of benzene rings is 1. The molecule has 3 aromatic heterocycles. The lowest BCUT2D eigenvalue weighted by Gasteiger charge is -2.32. The molecule has 0 amide bonds.